The third kappa shape index (κ3) is 3.49. The first-order valence-electron chi connectivity index (χ1n) is 14.9. The van der Waals surface area contributed by atoms with Crippen molar-refractivity contribution in [1.82, 2.24) is 10.5 Å². The van der Waals surface area contributed by atoms with E-state index >= 15 is 0 Å². The number of rotatable bonds is 2. The molecule has 3 fully saturated rings. The zero-order valence-corrected chi connectivity index (χ0v) is 24.9. The molecule has 0 spiro atoms. The van der Waals surface area contributed by atoms with Gasteiger partial charge in [0, 0.05) is 29.9 Å². The van der Waals surface area contributed by atoms with Crippen LogP contribution in [0.4, 0.5) is 8.78 Å². The van der Waals surface area contributed by atoms with Crippen LogP contribution in [0.25, 0.3) is 0 Å². The summed E-state index contributed by atoms with van der Waals surface area (Å²) in [6.45, 7) is 13.5. The minimum atomic E-state index is -3.48. The van der Waals surface area contributed by atoms with E-state index < -0.39 is 33.8 Å². The molecule has 0 saturated heterocycles. The van der Waals surface area contributed by atoms with Gasteiger partial charge in [-0.25, -0.2) is 0 Å². The van der Waals surface area contributed by atoms with Gasteiger partial charge in [0.05, 0.1) is 6.20 Å². The smallest absolute Gasteiger partial charge is 0.321 e. The van der Waals surface area contributed by atoms with Crippen molar-refractivity contribution in [3.63, 3.8) is 0 Å². The molecule has 0 bridgehead atoms. The third-order valence-corrected chi connectivity index (χ3v) is 12.8. The van der Waals surface area contributed by atoms with Gasteiger partial charge >= 0.3 is 5.92 Å². The molecule has 1 aromatic rings. The summed E-state index contributed by atoms with van der Waals surface area (Å²) in [5.74, 6) is -4.89. The molecule has 8 atom stereocenters. The van der Waals surface area contributed by atoms with Crippen LogP contribution in [0.1, 0.15) is 105 Å². The van der Waals surface area contributed by atoms with Crippen LogP contribution in [0.3, 0.4) is 0 Å². The fourth-order valence-electron chi connectivity index (χ4n) is 10.5. The zero-order valence-electron chi connectivity index (χ0n) is 24.9. The lowest BCUT2D eigenvalue weighted by atomic mass is 9.35. The van der Waals surface area contributed by atoms with Crippen molar-refractivity contribution in [1.29, 1.82) is 0 Å². The Labute approximate surface area is 235 Å². The number of fused-ring (bicyclic) bond motifs is 8. The number of nitrogens with zero attached hydrogens (tertiary/aromatic N) is 1. The van der Waals surface area contributed by atoms with Gasteiger partial charge in [-0.1, -0.05) is 45.3 Å². The molecule has 8 heteroatoms. The summed E-state index contributed by atoms with van der Waals surface area (Å²) in [6.07, 6.45) is 9.13. The first-order valence-corrected chi connectivity index (χ1v) is 14.9. The zero-order chi connectivity index (χ0) is 29.3. The highest BCUT2D eigenvalue weighted by Crippen LogP contribution is 2.73. The number of ketones is 1. The standard InChI is InChI=1S/C32H44F2N2O4/c1-26(2)10-12-32(36-25(38)31(7,33)34)13-11-29(5)23(19(32)16-26)20(37)14-22-27(3)15-18-17-35-40-24(18)30(6,39)21(27)8-9-28(22,29)4/h14,17,19,21,23,39H,8-13,15-16H2,1-7H3,(H,36,38)/t19-,21?,23-,27-,28+,29+,30-,32-/m0/s1. The molecule has 2 N–H and O–H groups in total. The number of amides is 1. The van der Waals surface area contributed by atoms with Crippen LogP contribution in [0.2, 0.25) is 0 Å². The first kappa shape index (κ1) is 28.0. The first-order chi connectivity index (χ1) is 18.3. The maximum atomic E-state index is 14.5. The van der Waals surface area contributed by atoms with Crippen molar-refractivity contribution >= 4 is 11.7 Å². The van der Waals surface area contributed by atoms with E-state index in [4.69, 9.17) is 4.52 Å². The van der Waals surface area contributed by atoms with Gasteiger partial charge in [0.1, 0.15) is 5.60 Å². The van der Waals surface area contributed by atoms with E-state index in [9.17, 15) is 23.5 Å². The molecule has 40 heavy (non-hydrogen) atoms. The average Bonchev–Trinajstić information content (AvgIpc) is 3.29. The molecular formula is C32H44F2N2O4. The largest absolute Gasteiger partial charge is 0.382 e. The van der Waals surface area contributed by atoms with Crippen LogP contribution < -0.4 is 5.32 Å². The summed E-state index contributed by atoms with van der Waals surface area (Å²) in [5.41, 5.74) is -1.30. The van der Waals surface area contributed by atoms with E-state index in [1.165, 1.54) is 0 Å². The molecular weight excluding hydrogens is 514 g/mol. The Kier molecular flexibility index (Phi) is 5.64. The number of hydrogen-bond acceptors (Lipinski definition) is 5. The van der Waals surface area contributed by atoms with E-state index in [2.05, 4.69) is 45.1 Å². The summed E-state index contributed by atoms with van der Waals surface area (Å²) < 4.78 is 33.9. The summed E-state index contributed by atoms with van der Waals surface area (Å²) in [4.78, 5) is 27.2. The van der Waals surface area contributed by atoms with Crippen LogP contribution in [0, 0.1) is 39.4 Å². The number of aromatic nitrogens is 1. The van der Waals surface area contributed by atoms with Gasteiger partial charge in [0.25, 0.3) is 5.91 Å². The second-order valence-electron chi connectivity index (χ2n) is 15.7. The average molecular weight is 559 g/mol. The van der Waals surface area contributed by atoms with Crippen LogP contribution in [0.5, 0.6) is 0 Å². The fraction of sp³-hybridized carbons (Fsp3) is 0.781. The van der Waals surface area contributed by atoms with Crippen molar-refractivity contribution in [2.24, 2.45) is 39.4 Å². The van der Waals surface area contributed by atoms with Crippen molar-refractivity contribution in [3.05, 3.63) is 29.2 Å². The molecule has 5 aliphatic rings. The van der Waals surface area contributed by atoms with Gasteiger partial charge in [-0.05, 0) is 91.9 Å². The minimum Gasteiger partial charge on any atom is -0.382 e. The van der Waals surface area contributed by atoms with Gasteiger partial charge in [-0.2, -0.15) is 8.78 Å². The molecule has 3 saturated carbocycles. The molecule has 1 heterocycles. The molecule has 0 aliphatic heterocycles. The Morgan fingerprint density at radius 3 is 2.45 bits per heavy atom. The normalized spacial score (nSPS) is 45.7. The molecule has 220 valence electrons. The van der Waals surface area contributed by atoms with E-state index in [1.807, 2.05) is 13.0 Å². The highest BCUT2D eigenvalue weighted by Gasteiger charge is 2.70. The second kappa shape index (κ2) is 8.05. The highest BCUT2D eigenvalue weighted by atomic mass is 19.3. The molecule has 1 unspecified atom stereocenters. The lowest BCUT2D eigenvalue weighted by Crippen LogP contribution is -2.70. The molecule has 1 aromatic heterocycles. The Morgan fingerprint density at radius 2 is 1.77 bits per heavy atom. The van der Waals surface area contributed by atoms with E-state index in [0.717, 1.165) is 30.4 Å². The summed E-state index contributed by atoms with van der Waals surface area (Å²) in [6, 6.07) is 0. The lowest BCUT2D eigenvalue weighted by Gasteiger charge is -2.69. The van der Waals surface area contributed by atoms with Gasteiger partial charge in [0.15, 0.2) is 11.5 Å². The summed E-state index contributed by atoms with van der Waals surface area (Å²) in [5, 5.41) is 18.6. The lowest BCUT2D eigenvalue weighted by molar-refractivity contribution is -0.175. The second-order valence-corrected chi connectivity index (χ2v) is 15.7. The number of allylic oxidation sites excluding steroid dienone is 2. The Bertz CT molecular complexity index is 1310. The summed E-state index contributed by atoms with van der Waals surface area (Å²) in [7, 11) is 0. The van der Waals surface area contributed by atoms with Gasteiger partial charge in [-0.15, -0.1) is 0 Å². The summed E-state index contributed by atoms with van der Waals surface area (Å²) >= 11 is 0. The number of aliphatic hydroxyl groups is 1. The van der Waals surface area contributed by atoms with E-state index in [-0.39, 0.29) is 34.4 Å². The van der Waals surface area contributed by atoms with Gasteiger partial charge in [-0.3, -0.25) is 9.59 Å². The molecule has 6 nitrogen and oxygen atoms in total. The topological polar surface area (TPSA) is 92.4 Å². The number of carbonyl (C=O) groups excluding carboxylic acids is 2. The monoisotopic (exact) mass is 558 g/mol. The van der Waals surface area contributed by atoms with Crippen LogP contribution >= 0.6 is 0 Å². The number of carbonyl (C=O) groups is 2. The van der Waals surface area contributed by atoms with Crippen molar-refractivity contribution in [2.75, 3.05) is 0 Å². The van der Waals surface area contributed by atoms with Crippen molar-refractivity contribution in [2.45, 2.75) is 117 Å². The molecule has 1 amide bonds. The Balaban J connectivity index is 1.47. The van der Waals surface area contributed by atoms with Crippen molar-refractivity contribution < 1.29 is 28.0 Å². The predicted molar refractivity (Wildman–Crippen MR) is 145 cm³/mol. The molecule has 0 aromatic carbocycles. The van der Waals surface area contributed by atoms with Gasteiger partial charge < -0.3 is 14.9 Å². The highest BCUT2D eigenvalue weighted by molar-refractivity contribution is 5.96. The quantitative estimate of drug-likeness (QED) is 0.456. The fourth-order valence-corrected chi connectivity index (χ4v) is 10.5. The Hall–Kier alpha value is -2.09. The predicted octanol–water partition coefficient (Wildman–Crippen LogP) is 6.12. The van der Waals surface area contributed by atoms with Crippen LogP contribution in [0.15, 0.2) is 22.4 Å². The minimum absolute atomic E-state index is 0.0388. The third-order valence-electron chi connectivity index (χ3n) is 12.8. The van der Waals surface area contributed by atoms with Crippen molar-refractivity contribution in [3.8, 4) is 0 Å². The molecule has 6 rings (SSSR count). The van der Waals surface area contributed by atoms with Crippen LogP contribution in [-0.4, -0.2) is 33.4 Å². The maximum Gasteiger partial charge on any atom is 0.321 e. The number of alkyl halides is 2. The van der Waals surface area contributed by atoms with Gasteiger partial charge in [0.2, 0.25) is 0 Å². The van der Waals surface area contributed by atoms with E-state index in [0.29, 0.717) is 44.8 Å². The molecule has 5 aliphatic carbocycles. The van der Waals surface area contributed by atoms with Crippen LogP contribution in [-0.2, 0) is 21.6 Å². The number of nitrogens with one attached hydrogen (secondary N) is 1. The number of halogens is 2. The molecule has 0 radical (unpaired) electrons. The maximum absolute atomic E-state index is 14.5. The Morgan fingerprint density at radius 1 is 1.10 bits per heavy atom. The SMILES string of the molecule is CC1(C)CC[C@]2(NC(=O)C(C)(F)F)CC[C@]3(C)[C@H](C(=O)C=C4[C@@]5(C)Cc6cnoc6[C@@](C)(O)C5CC[C@]43C)[C@@H]2C1. The number of hydrogen-bond donors (Lipinski definition) is 2. The van der Waals surface area contributed by atoms with E-state index in [1.54, 1.807) is 6.20 Å².